The number of benzene rings is 1. The van der Waals surface area contributed by atoms with Crippen LogP contribution in [0.25, 0.3) is 0 Å². The molecular formula is C13H17F4NOS. The quantitative estimate of drug-likeness (QED) is 0.572. The van der Waals surface area contributed by atoms with Crippen molar-refractivity contribution in [2.45, 2.75) is 19.1 Å². The molecule has 2 N–H and O–H groups in total. The van der Waals surface area contributed by atoms with E-state index in [0.29, 0.717) is 12.6 Å². The van der Waals surface area contributed by atoms with Crippen molar-refractivity contribution in [3.63, 3.8) is 0 Å². The maximum atomic E-state index is 13.1. The number of alkyl halides is 3. The Morgan fingerprint density at radius 3 is 2.55 bits per heavy atom. The largest absolute Gasteiger partial charge is 0.416 e. The first-order valence-corrected chi connectivity index (χ1v) is 7.35. The van der Waals surface area contributed by atoms with Gasteiger partial charge >= 0.3 is 6.18 Å². The molecule has 0 atom stereocenters. The minimum absolute atomic E-state index is 0.157. The van der Waals surface area contributed by atoms with Crippen molar-refractivity contribution in [3.8, 4) is 0 Å². The number of aliphatic hydroxyl groups excluding tert-OH is 1. The van der Waals surface area contributed by atoms with E-state index in [4.69, 9.17) is 5.11 Å². The summed E-state index contributed by atoms with van der Waals surface area (Å²) in [7, 11) is 0. The van der Waals surface area contributed by atoms with E-state index in [1.165, 1.54) is 0 Å². The van der Waals surface area contributed by atoms with Gasteiger partial charge in [-0.1, -0.05) is 0 Å². The molecule has 0 aliphatic heterocycles. The second-order valence-corrected chi connectivity index (χ2v) is 5.44. The SMILES string of the molecule is OCCCSCCNCc1cc(F)cc(C(F)(F)F)c1. The first kappa shape index (κ1) is 17.3. The van der Waals surface area contributed by atoms with Crippen LogP contribution in [-0.4, -0.2) is 29.8 Å². The molecule has 1 aromatic rings. The van der Waals surface area contributed by atoms with Gasteiger partial charge in [0.25, 0.3) is 0 Å². The molecule has 114 valence electrons. The number of aliphatic hydroxyl groups is 1. The second-order valence-electron chi connectivity index (χ2n) is 4.21. The fourth-order valence-electron chi connectivity index (χ4n) is 1.56. The molecule has 0 radical (unpaired) electrons. The molecule has 0 spiro atoms. The Hall–Kier alpha value is -0.790. The van der Waals surface area contributed by atoms with Gasteiger partial charge < -0.3 is 10.4 Å². The molecule has 1 rings (SSSR count). The zero-order valence-electron chi connectivity index (χ0n) is 10.8. The van der Waals surface area contributed by atoms with Crippen molar-refractivity contribution >= 4 is 11.8 Å². The van der Waals surface area contributed by atoms with Crippen LogP contribution < -0.4 is 5.32 Å². The van der Waals surface area contributed by atoms with Gasteiger partial charge in [-0.25, -0.2) is 4.39 Å². The van der Waals surface area contributed by atoms with Gasteiger partial charge in [0.15, 0.2) is 0 Å². The fourth-order valence-corrected chi connectivity index (χ4v) is 2.39. The summed E-state index contributed by atoms with van der Waals surface area (Å²) in [5.41, 5.74) is -0.690. The smallest absolute Gasteiger partial charge is 0.396 e. The second kappa shape index (κ2) is 8.49. The highest BCUT2D eigenvalue weighted by Gasteiger charge is 2.31. The monoisotopic (exact) mass is 311 g/mol. The highest BCUT2D eigenvalue weighted by Crippen LogP contribution is 2.30. The summed E-state index contributed by atoms with van der Waals surface area (Å²) in [4.78, 5) is 0. The van der Waals surface area contributed by atoms with Gasteiger partial charge in [0.1, 0.15) is 5.82 Å². The predicted molar refractivity (Wildman–Crippen MR) is 72.1 cm³/mol. The number of hydrogen-bond donors (Lipinski definition) is 2. The van der Waals surface area contributed by atoms with Crippen molar-refractivity contribution < 1.29 is 22.7 Å². The standard InChI is InChI=1S/C13H17F4NOS/c14-12-7-10(6-11(8-12)13(15,16)17)9-18-2-5-20-4-1-3-19/h6-8,18-19H,1-5,9H2. The first-order valence-electron chi connectivity index (χ1n) is 6.19. The van der Waals surface area contributed by atoms with Crippen molar-refractivity contribution in [1.82, 2.24) is 5.32 Å². The van der Waals surface area contributed by atoms with Gasteiger partial charge in [0, 0.05) is 25.4 Å². The van der Waals surface area contributed by atoms with Gasteiger partial charge in [-0.3, -0.25) is 0 Å². The highest BCUT2D eigenvalue weighted by atomic mass is 32.2. The number of hydrogen-bond acceptors (Lipinski definition) is 3. The summed E-state index contributed by atoms with van der Waals surface area (Å²) in [5, 5.41) is 11.5. The lowest BCUT2D eigenvalue weighted by molar-refractivity contribution is -0.137. The zero-order chi connectivity index (χ0) is 15.0. The molecule has 0 amide bonds. The van der Waals surface area contributed by atoms with E-state index in [2.05, 4.69) is 5.32 Å². The molecule has 2 nitrogen and oxygen atoms in total. The summed E-state index contributed by atoms with van der Waals surface area (Å²) >= 11 is 1.65. The normalized spacial score (nSPS) is 11.8. The molecule has 0 bridgehead atoms. The Kier molecular flexibility index (Phi) is 7.32. The molecule has 0 heterocycles. The summed E-state index contributed by atoms with van der Waals surface area (Å²) in [6.07, 6.45) is -3.81. The van der Waals surface area contributed by atoms with Crippen LogP contribution in [0.1, 0.15) is 17.5 Å². The maximum Gasteiger partial charge on any atom is 0.416 e. The van der Waals surface area contributed by atoms with Gasteiger partial charge in [0.2, 0.25) is 0 Å². The van der Waals surface area contributed by atoms with E-state index in [9.17, 15) is 17.6 Å². The Labute approximate surface area is 119 Å². The van der Waals surface area contributed by atoms with Crippen LogP contribution in [0.15, 0.2) is 18.2 Å². The van der Waals surface area contributed by atoms with Crippen LogP contribution in [-0.2, 0) is 12.7 Å². The molecule has 1 aromatic carbocycles. The van der Waals surface area contributed by atoms with Crippen LogP contribution in [0, 0.1) is 5.82 Å². The van der Waals surface area contributed by atoms with Crippen LogP contribution >= 0.6 is 11.8 Å². The summed E-state index contributed by atoms with van der Waals surface area (Å²) < 4.78 is 50.6. The van der Waals surface area contributed by atoms with Crippen molar-refractivity contribution in [1.29, 1.82) is 0 Å². The molecule has 7 heteroatoms. The number of thioether (sulfide) groups is 1. The van der Waals surface area contributed by atoms with E-state index in [0.717, 1.165) is 30.1 Å². The lowest BCUT2D eigenvalue weighted by Gasteiger charge is -2.10. The Morgan fingerprint density at radius 1 is 1.15 bits per heavy atom. The van der Waals surface area contributed by atoms with Gasteiger partial charge in [-0.05, 0) is 35.9 Å². The number of halogens is 4. The predicted octanol–water partition coefficient (Wildman–Crippen LogP) is 3.05. The minimum Gasteiger partial charge on any atom is -0.396 e. The van der Waals surface area contributed by atoms with Crippen molar-refractivity contribution in [2.75, 3.05) is 24.7 Å². The summed E-state index contributed by atoms with van der Waals surface area (Å²) in [5.74, 6) is 0.756. The molecule has 20 heavy (non-hydrogen) atoms. The van der Waals surface area contributed by atoms with Gasteiger partial charge in [0.05, 0.1) is 5.56 Å². The number of nitrogens with one attached hydrogen (secondary N) is 1. The first-order chi connectivity index (χ1) is 9.43. The van der Waals surface area contributed by atoms with Gasteiger partial charge in [-0.15, -0.1) is 0 Å². The van der Waals surface area contributed by atoms with Crippen LogP contribution in [0.5, 0.6) is 0 Å². The average Bonchev–Trinajstić information content (AvgIpc) is 2.36. The van der Waals surface area contributed by atoms with Crippen LogP contribution in [0.3, 0.4) is 0 Å². The Morgan fingerprint density at radius 2 is 1.90 bits per heavy atom. The molecule has 0 aliphatic carbocycles. The molecular weight excluding hydrogens is 294 g/mol. The summed E-state index contributed by atoms with van der Waals surface area (Å²) in [6.45, 7) is 0.972. The molecule has 0 aliphatic rings. The van der Waals surface area contributed by atoms with Crippen molar-refractivity contribution in [3.05, 3.63) is 35.1 Å². The van der Waals surface area contributed by atoms with E-state index >= 15 is 0 Å². The third kappa shape index (κ3) is 6.58. The van der Waals surface area contributed by atoms with E-state index in [-0.39, 0.29) is 18.7 Å². The topological polar surface area (TPSA) is 32.3 Å². The lowest BCUT2D eigenvalue weighted by Crippen LogP contribution is -2.17. The van der Waals surface area contributed by atoms with Crippen molar-refractivity contribution in [2.24, 2.45) is 0 Å². The fraction of sp³-hybridized carbons (Fsp3) is 0.538. The van der Waals surface area contributed by atoms with E-state index < -0.39 is 17.6 Å². The molecule has 0 saturated heterocycles. The summed E-state index contributed by atoms with van der Waals surface area (Å²) in [6, 6.07) is 2.55. The molecule has 0 saturated carbocycles. The van der Waals surface area contributed by atoms with Crippen LogP contribution in [0.2, 0.25) is 0 Å². The average molecular weight is 311 g/mol. The van der Waals surface area contributed by atoms with E-state index in [1.54, 1.807) is 11.8 Å². The number of rotatable bonds is 8. The third-order valence-electron chi connectivity index (χ3n) is 2.48. The Balaban J connectivity index is 2.39. The maximum absolute atomic E-state index is 13.1. The molecule has 0 aromatic heterocycles. The molecule has 0 unspecified atom stereocenters. The van der Waals surface area contributed by atoms with Gasteiger partial charge in [-0.2, -0.15) is 24.9 Å². The minimum atomic E-state index is -4.53. The van der Waals surface area contributed by atoms with E-state index in [1.807, 2.05) is 0 Å². The lowest BCUT2D eigenvalue weighted by atomic mass is 10.1. The van der Waals surface area contributed by atoms with Crippen LogP contribution in [0.4, 0.5) is 17.6 Å². The third-order valence-corrected chi connectivity index (χ3v) is 3.55. The highest BCUT2D eigenvalue weighted by molar-refractivity contribution is 7.99. The molecule has 0 fully saturated rings. The Bertz CT molecular complexity index is 412. The zero-order valence-corrected chi connectivity index (χ0v) is 11.7.